The summed E-state index contributed by atoms with van der Waals surface area (Å²) in [6.45, 7) is 22.9. The normalized spacial score (nSPS) is 14.2. The summed E-state index contributed by atoms with van der Waals surface area (Å²) in [5.74, 6) is 0. The van der Waals surface area contributed by atoms with Crippen LogP contribution >= 0.6 is 0 Å². The average Bonchev–Trinajstić information content (AvgIpc) is 3.83. The van der Waals surface area contributed by atoms with Crippen LogP contribution in [0.1, 0.15) is 96.7 Å². The molecule has 0 aliphatic heterocycles. The highest BCUT2D eigenvalue weighted by Gasteiger charge is 2.38. The number of benzene rings is 7. The second kappa shape index (κ2) is 17.9. The van der Waals surface area contributed by atoms with E-state index in [0.29, 0.717) is 0 Å². The summed E-state index contributed by atoms with van der Waals surface area (Å²) in [6, 6.07) is 63.1. The molecule has 0 fully saturated rings. The van der Waals surface area contributed by atoms with Crippen molar-refractivity contribution in [1.29, 1.82) is 0 Å². The van der Waals surface area contributed by atoms with Gasteiger partial charge in [-0.3, -0.25) is 0 Å². The fourth-order valence-corrected chi connectivity index (χ4v) is 11.9. The molecule has 0 unspecified atom stereocenters. The van der Waals surface area contributed by atoms with Gasteiger partial charge in [-0.1, -0.05) is 159 Å². The van der Waals surface area contributed by atoms with Crippen molar-refractivity contribution in [2.75, 3.05) is 0 Å². The van der Waals surface area contributed by atoms with Crippen molar-refractivity contribution >= 4 is 16.7 Å². The second-order valence-electron chi connectivity index (χ2n) is 20.9. The molecule has 0 atom stereocenters. The van der Waals surface area contributed by atoms with Gasteiger partial charge < -0.3 is 4.57 Å². The van der Waals surface area contributed by atoms with Crippen LogP contribution in [0.25, 0.3) is 78.3 Å². The molecular weight excluding hydrogens is 857 g/mol. The van der Waals surface area contributed by atoms with Gasteiger partial charge in [0.05, 0.1) is 11.4 Å². The molecule has 2 nitrogen and oxygen atoms in total. The SMILES string of the molecule is CC1=C(c2cc(C)cc(-c3ccccc3)c2)C(C)=C(c2cccc(-c3cn(-c4ccc5c(c4)C(C)(C)c4cc(C)c(-c6ccccc6C)nc4-5)cc3C)c2)C(C)=C(c2cc(C)cc(-c3ccccc3)c2)C1. The Morgan fingerprint density at radius 2 is 0.986 bits per heavy atom. The molecule has 0 saturated carbocycles. The van der Waals surface area contributed by atoms with Crippen LogP contribution in [-0.2, 0) is 5.41 Å². The minimum atomic E-state index is -0.189. The molecular formula is C69H62N2. The van der Waals surface area contributed by atoms with Crippen molar-refractivity contribution in [2.45, 2.75) is 81.1 Å². The number of hydrogen-bond acceptors (Lipinski definition) is 1. The molecule has 9 aromatic rings. The Morgan fingerprint density at radius 1 is 0.394 bits per heavy atom. The molecule has 2 aliphatic rings. The van der Waals surface area contributed by atoms with E-state index >= 15 is 0 Å². The zero-order valence-corrected chi connectivity index (χ0v) is 42.9. The molecule has 348 valence electrons. The molecule has 0 saturated heterocycles. The van der Waals surface area contributed by atoms with E-state index in [2.05, 4.69) is 256 Å². The third kappa shape index (κ3) is 8.16. The zero-order chi connectivity index (χ0) is 49.3. The largest absolute Gasteiger partial charge is 0.323 e. The first-order chi connectivity index (χ1) is 34.2. The van der Waals surface area contributed by atoms with Gasteiger partial charge in [-0.15, -0.1) is 0 Å². The van der Waals surface area contributed by atoms with E-state index in [9.17, 15) is 0 Å². The smallest absolute Gasteiger partial charge is 0.0753 e. The minimum Gasteiger partial charge on any atom is -0.323 e. The van der Waals surface area contributed by atoms with Crippen LogP contribution in [0.15, 0.2) is 199 Å². The molecule has 2 heteroatoms. The Balaban J connectivity index is 1.02. The minimum absolute atomic E-state index is 0.189. The highest BCUT2D eigenvalue weighted by atomic mass is 14.9. The lowest BCUT2D eigenvalue weighted by atomic mass is 9.82. The molecule has 7 aromatic carbocycles. The lowest BCUT2D eigenvalue weighted by molar-refractivity contribution is 0.657. The van der Waals surface area contributed by atoms with E-state index in [1.165, 1.54) is 134 Å². The topological polar surface area (TPSA) is 17.8 Å². The van der Waals surface area contributed by atoms with Gasteiger partial charge in [0.2, 0.25) is 0 Å². The van der Waals surface area contributed by atoms with Gasteiger partial charge in [0, 0.05) is 40.2 Å². The number of hydrogen-bond donors (Lipinski definition) is 0. The summed E-state index contributed by atoms with van der Waals surface area (Å²) in [7, 11) is 0. The van der Waals surface area contributed by atoms with Crippen molar-refractivity contribution in [1.82, 2.24) is 9.55 Å². The Bertz CT molecular complexity index is 3700. The molecule has 2 heterocycles. The van der Waals surface area contributed by atoms with Gasteiger partial charge in [-0.05, 0) is 203 Å². The lowest BCUT2D eigenvalue weighted by Gasteiger charge is -2.22. The Hall–Kier alpha value is -7.81. The number of aromatic nitrogens is 2. The first-order valence-electron chi connectivity index (χ1n) is 25.2. The molecule has 71 heavy (non-hydrogen) atoms. The van der Waals surface area contributed by atoms with Crippen LogP contribution in [0.2, 0.25) is 0 Å². The van der Waals surface area contributed by atoms with Crippen LogP contribution < -0.4 is 0 Å². The van der Waals surface area contributed by atoms with E-state index in [4.69, 9.17) is 4.98 Å². The van der Waals surface area contributed by atoms with Crippen molar-refractivity contribution < 1.29 is 0 Å². The Morgan fingerprint density at radius 3 is 1.68 bits per heavy atom. The molecule has 0 radical (unpaired) electrons. The third-order valence-electron chi connectivity index (χ3n) is 15.5. The summed E-state index contributed by atoms with van der Waals surface area (Å²) >= 11 is 0. The monoisotopic (exact) mass is 918 g/mol. The first-order valence-corrected chi connectivity index (χ1v) is 25.2. The maximum Gasteiger partial charge on any atom is 0.0753 e. The van der Waals surface area contributed by atoms with E-state index in [-0.39, 0.29) is 5.41 Å². The standard InChI is InChI=1S/C69H62N2/c1-42-30-54(50-21-13-11-14-22-50)37-56(32-42)61-34-45(4)65(57-33-43(2)31-55(38-57)51-23-15-12-16-24-51)49(8)66(48(61)7)53-26-19-25-52(36-53)62-41-71(40-47(62)6)58-28-29-60-63(39-58)69(9,10)64-35-46(5)67(70-68(60)64)59-27-18-17-20-44(59)3/h11-33,35-41H,34H2,1-10H3. The van der Waals surface area contributed by atoms with Gasteiger partial charge in [0.1, 0.15) is 0 Å². The van der Waals surface area contributed by atoms with E-state index in [0.717, 1.165) is 23.5 Å². The Labute approximate surface area is 421 Å². The number of pyridine rings is 1. The van der Waals surface area contributed by atoms with Crippen LogP contribution in [0.4, 0.5) is 0 Å². The van der Waals surface area contributed by atoms with Crippen molar-refractivity contribution in [3.63, 3.8) is 0 Å². The summed E-state index contributed by atoms with van der Waals surface area (Å²) in [5.41, 5.74) is 33.6. The average molecular weight is 919 g/mol. The van der Waals surface area contributed by atoms with Crippen molar-refractivity contribution in [3.8, 4) is 61.6 Å². The Kier molecular flexibility index (Phi) is 11.5. The maximum absolute atomic E-state index is 5.42. The second-order valence-corrected chi connectivity index (χ2v) is 20.9. The highest BCUT2D eigenvalue weighted by Crippen LogP contribution is 2.51. The third-order valence-corrected chi connectivity index (χ3v) is 15.5. The quantitative estimate of drug-likeness (QED) is 0.148. The summed E-state index contributed by atoms with van der Waals surface area (Å²) < 4.78 is 2.32. The van der Waals surface area contributed by atoms with Gasteiger partial charge >= 0.3 is 0 Å². The summed E-state index contributed by atoms with van der Waals surface area (Å²) in [5, 5.41) is 0. The summed E-state index contributed by atoms with van der Waals surface area (Å²) in [4.78, 5) is 5.42. The van der Waals surface area contributed by atoms with Crippen LogP contribution in [0.3, 0.4) is 0 Å². The van der Waals surface area contributed by atoms with Crippen LogP contribution in [0.5, 0.6) is 0 Å². The fraction of sp³-hybridized carbons (Fsp3) is 0.174. The number of aryl methyl sites for hydroxylation is 5. The van der Waals surface area contributed by atoms with Crippen molar-refractivity contribution in [3.05, 3.63) is 255 Å². The van der Waals surface area contributed by atoms with Gasteiger partial charge in [-0.25, -0.2) is 4.98 Å². The molecule has 11 rings (SSSR count). The van der Waals surface area contributed by atoms with E-state index in [1.54, 1.807) is 0 Å². The zero-order valence-electron chi connectivity index (χ0n) is 42.9. The molecule has 2 aromatic heterocycles. The predicted molar refractivity (Wildman–Crippen MR) is 302 cm³/mol. The van der Waals surface area contributed by atoms with Crippen LogP contribution in [0, 0.1) is 34.6 Å². The fourth-order valence-electron chi connectivity index (χ4n) is 11.9. The van der Waals surface area contributed by atoms with Crippen molar-refractivity contribution in [2.24, 2.45) is 0 Å². The molecule has 0 bridgehead atoms. The van der Waals surface area contributed by atoms with E-state index in [1.807, 2.05) is 0 Å². The number of fused-ring (bicyclic) bond motifs is 3. The molecule has 2 aliphatic carbocycles. The maximum atomic E-state index is 5.42. The molecule has 0 N–H and O–H groups in total. The van der Waals surface area contributed by atoms with Gasteiger partial charge in [0.15, 0.2) is 0 Å². The summed E-state index contributed by atoms with van der Waals surface area (Å²) in [6.07, 6.45) is 5.48. The number of rotatable bonds is 8. The lowest BCUT2D eigenvalue weighted by Crippen LogP contribution is -2.16. The predicted octanol–water partition coefficient (Wildman–Crippen LogP) is 18.5. The molecule has 0 amide bonds. The van der Waals surface area contributed by atoms with Gasteiger partial charge in [0.25, 0.3) is 0 Å². The van der Waals surface area contributed by atoms with Crippen LogP contribution in [-0.4, -0.2) is 9.55 Å². The number of nitrogens with zero attached hydrogens (tertiary/aromatic N) is 2. The number of allylic oxidation sites excluding steroid dienone is 6. The first kappa shape index (κ1) is 45.6. The molecule has 0 spiro atoms. The highest BCUT2D eigenvalue weighted by molar-refractivity contribution is 6.02. The van der Waals surface area contributed by atoms with Gasteiger partial charge in [-0.2, -0.15) is 0 Å². The van der Waals surface area contributed by atoms with E-state index < -0.39 is 0 Å².